The number of fused-ring (bicyclic) bond motifs is 1. The smallest absolute Gasteiger partial charge is 0.335 e. The van der Waals surface area contributed by atoms with Crippen molar-refractivity contribution in [3.63, 3.8) is 0 Å². The van der Waals surface area contributed by atoms with Crippen LogP contribution in [-0.4, -0.2) is 96.6 Å². The first kappa shape index (κ1) is 38.2. The third-order valence-electron chi connectivity index (χ3n) is 8.80. The summed E-state index contributed by atoms with van der Waals surface area (Å²) in [5.74, 6) is -0.338. The molecule has 270 valence electrons. The standard InChI is InChI=1S/C38H50N4O8/c1-25-21-42(26(2)24-43)36(44)33-20-31(40-38(47)39-30-13-16-32(48-5)17-14-30)15-18-34(33)50-27(3)8-6-7-19-49-35(25)23-41(4)22-28-9-11-29(12-10-28)37(45)46/h9-18,20,25-27,35,43H,6-8,19,21-24H2,1-5H3,(H,45,46)(H2,39,40,47)/t25-,26-,27+,35+/m1/s1. The van der Waals surface area contributed by atoms with Crippen molar-refractivity contribution in [2.24, 2.45) is 5.92 Å². The first-order valence-corrected chi connectivity index (χ1v) is 17.0. The number of carbonyl (C=O) groups is 3. The first-order chi connectivity index (χ1) is 24.0. The molecule has 1 heterocycles. The van der Waals surface area contributed by atoms with Crippen molar-refractivity contribution < 1.29 is 38.8 Å². The maximum absolute atomic E-state index is 14.4. The van der Waals surface area contributed by atoms with Crippen LogP contribution in [0.1, 0.15) is 66.3 Å². The highest BCUT2D eigenvalue weighted by molar-refractivity contribution is 6.02. The minimum absolute atomic E-state index is 0.118. The van der Waals surface area contributed by atoms with E-state index in [4.69, 9.17) is 14.2 Å². The molecule has 0 spiro atoms. The van der Waals surface area contributed by atoms with Crippen LogP contribution >= 0.6 is 0 Å². The molecule has 1 aliphatic rings. The zero-order chi connectivity index (χ0) is 36.2. The Balaban J connectivity index is 1.56. The molecule has 3 aromatic rings. The zero-order valence-corrected chi connectivity index (χ0v) is 29.6. The average molecular weight is 691 g/mol. The number of aliphatic hydroxyl groups excluding tert-OH is 1. The molecule has 0 aliphatic carbocycles. The van der Waals surface area contributed by atoms with Gasteiger partial charge in [-0.15, -0.1) is 0 Å². The highest BCUT2D eigenvalue weighted by atomic mass is 16.5. The largest absolute Gasteiger partial charge is 0.497 e. The second-order valence-electron chi connectivity index (χ2n) is 13.0. The molecule has 0 saturated heterocycles. The second-order valence-corrected chi connectivity index (χ2v) is 13.0. The van der Waals surface area contributed by atoms with Crippen LogP contribution in [0.3, 0.4) is 0 Å². The van der Waals surface area contributed by atoms with E-state index in [2.05, 4.69) is 15.5 Å². The van der Waals surface area contributed by atoms with Crippen LogP contribution < -0.4 is 20.1 Å². The molecule has 12 nitrogen and oxygen atoms in total. The summed E-state index contributed by atoms with van der Waals surface area (Å²) in [5, 5.41) is 25.1. The van der Waals surface area contributed by atoms with Crippen molar-refractivity contribution in [2.75, 3.05) is 51.1 Å². The second kappa shape index (κ2) is 18.4. The predicted octanol–water partition coefficient (Wildman–Crippen LogP) is 5.96. The van der Waals surface area contributed by atoms with Crippen molar-refractivity contribution in [3.05, 3.63) is 83.4 Å². The molecule has 50 heavy (non-hydrogen) atoms. The third-order valence-corrected chi connectivity index (χ3v) is 8.80. The average Bonchev–Trinajstić information content (AvgIpc) is 3.10. The van der Waals surface area contributed by atoms with E-state index in [-0.39, 0.29) is 41.8 Å². The Hall–Kier alpha value is -4.65. The summed E-state index contributed by atoms with van der Waals surface area (Å²) < 4.78 is 17.9. The first-order valence-electron chi connectivity index (χ1n) is 17.0. The zero-order valence-electron chi connectivity index (χ0n) is 29.6. The van der Waals surface area contributed by atoms with Gasteiger partial charge in [-0.3, -0.25) is 9.69 Å². The van der Waals surface area contributed by atoms with E-state index in [0.717, 1.165) is 24.8 Å². The fourth-order valence-electron chi connectivity index (χ4n) is 5.87. The number of carboxylic acid groups (broad SMARTS) is 1. The summed E-state index contributed by atoms with van der Waals surface area (Å²) >= 11 is 0. The minimum atomic E-state index is -0.964. The van der Waals surface area contributed by atoms with Gasteiger partial charge in [0.1, 0.15) is 11.5 Å². The van der Waals surface area contributed by atoms with E-state index in [1.165, 1.54) is 0 Å². The number of hydrogen-bond acceptors (Lipinski definition) is 8. The third kappa shape index (κ3) is 10.9. The van der Waals surface area contributed by atoms with Crippen LogP contribution in [0, 0.1) is 5.92 Å². The van der Waals surface area contributed by atoms with Crippen molar-refractivity contribution in [1.29, 1.82) is 0 Å². The lowest BCUT2D eigenvalue weighted by molar-refractivity contribution is -0.0177. The van der Waals surface area contributed by atoms with Gasteiger partial charge in [0.25, 0.3) is 5.91 Å². The van der Waals surface area contributed by atoms with Gasteiger partial charge in [-0.25, -0.2) is 9.59 Å². The number of aromatic carboxylic acids is 1. The summed E-state index contributed by atoms with van der Waals surface area (Å²) in [7, 11) is 3.56. The summed E-state index contributed by atoms with van der Waals surface area (Å²) in [4.78, 5) is 42.3. The molecule has 12 heteroatoms. The lowest BCUT2D eigenvalue weighted by atomic mass is 10.0. The molecule has 0 unspecified atom stereocenters. The molecule has 3 amide bonds. The fraction of sp³-hybridized carbons (Fsp3) is 0.447. The van der Waals surface area contributed by atoms with Gasteiger partial charge in [0.05, 0.1) is 43.1 Å². The Labute approximate surface area is 294 Å². The van der Waals surface area contributed by atoms with Crippen molar-refractivity contribution in [3.8, 4) is 11.5 Å². The number of urea groups is 1. The number of methoxy groups -OCH3 is 1. The lowest BCUT2D eigenvalue weighted by Gasteiger charge is -2.36. The Morgan fingerprint density at radius 1 is 1.02 bits per heavy atom. The van der Waals surface area contributed by atoms with E-state index >= 15 is 0 Å². The van der Waals surface area contributed by atoms with Crippen molar-refractivity contribution in [2.45, 2.75) is 64.8 Å². The lowest BCUT2D eigenvalue weighted by Crippen LogP contribution is -2.47. The van der Waals surface area contributed by atoms with E-state index in [1.54, 1.807) is 73.5 Å². The van der Waals surface area contributed by atoms with E-state index < -0.39 is 18.0 Å². The number of rotatable bonds is 10. The fourth-order valence-corrected chi connectivity index (χ4v) is 5.87. The molecule has 1 aliphatic heterocycles. The van der Waals surface area contributed by atoms with Crippen LogP contribution in [0.5, 0.6) is 11.5 Å². The monoisotopic (exact) mass is 690 g/mol. The number of aliphatic hydroxyl groups is 1. The normalized spacial score (nSPS) is 19.5. The summed E-state index contributed by atoms with van der Waals surface area (Å²) in [6.07, 6.45) is 2.05. The summed E-state index contributed by atoms with van der Waals surface area (Å²) in [6.45, 7) is 7.57. The topological polar surface area (TPSA) is 150 Å². The number of benzene rings is 3. The Kier molecular flexibility index (Phi) is 14.0. The van der Waals surface area contributed by atoms with Crippen molar-refractivity contribution >= 4 is 29.3 Å². The number of nitrogens with one attached hydrogen (secondary N) is 2. The molecule has 4 rings (SSSR count). The highest BCUT2D eigenvalue weighted by Gasteiger charge is 2.30. The Morgan fingerprint density at radius 3 is 2.36 bits per heavy atom. The van der Waals surface area contributed by atoms with Crippen molar-refractivity contribution in [1.82, 2.24) is 9.80 Å². The van der Waals surface area contributed by atoms with Gasteiger partial charge < -0.3 is 40.0 Å². The Morgan fingerprint density at radius 2 is 1.70 bits per heavy atom. The summed E-state index contributed by atoms with van der Waals surface area (Å²) in [6, 6.07) is 17.8. The van der Waals surface area contributed by atoms with Crippen LogP contribution in [0.4, 0.5) is 16.2 Å². The summed E-state index contributed by atoms with van der Waals surface area (Å²) in [5.41, 5.74) is 2.48. The van der Waals surface area contributed by atoms with E-state index in [9.17, 15) is 24.6 Å². The number of nitrogens with zero attached hydrogens (tertiary/aromatic N) is 2. The van der Waals surface area contributed by atoms with Gasteiger partial charge in [-0.05, 0) is 100 Å². The number of carbonyl (C=O) groups excluding carboxylic acids is 2. The van der Waals surface area contributed by atoms with E-state index in [0.29, 0.717) is 49.1 Å². The van der Waals surface area contributed by atoms with Gasteiger partial charge in [-0.2, -0.15) is 0 Å². The molecule has 3 aromatic carbocycles. The molecule has 0 saturated carbocycles. The molecule has 0 radical (unpaired) electrons. The molecular weight excluding hydrogens is 640 g/mol. The number of amides is 3. The maximum atomic E-state index is 14.4. The van der Waals surface area contributed by atoms with Gasteiger partial charge >= 0.3 is 12.0 Å². The quantitative estimate of drug-likeness (QED) is 0.202. The molecule has 0 fully saturated rings. The van der Waals surface area contributed by atoms with Gasteiger partial charge in [0.2, 0.25) is 0 Å². The molecule has 4 N–H and O–H groups in total. The van der Waals surface area contributed by atoms with Crippen LogP contribution in [0.2, 0.25) is 0 Å². The number of hydrogen-bond donors (Lipinski definition) is 4. The number of anilines is 2. The van der Waals surface area contributed by atoms with Gasteiger partial charge in [-0.1, -0.05) is 19.1 Å². The highest BCUT2D eigenvalue weighted by Crippen LogP contribution is 2.29. The molecule has 0 bridgehead atoms. The number of carboxylic acids is 1. The van der Waals surface area contributed by atoms with Gasteiger partial charge in [0, 0.05) is 43.5 Å². The van der Waals surface area contributed by atoms with Crippen LogP contribution in [0.15, 0.2) is 66.7 Å². The minimum Gasteiger partial charge on any atom is -0.497 e. The van der Waals surface area contributed by atoms with Gasteiger partial charge in [0.15, 0.2) is 0 Å². The predicted molar refractivity (Wildman–Crippen MR) is 192 cm³/mol. The molecule has 4 atom stereocenters. The number of ether oxygens (including phenoxy) is 3. The SMILES string of the molecule is COc1ccc(NC(=O)Nc2ccc3c(c2)C(=O)N([C@H](C)CO)C[C@@H](C)[C@H](CN(C)Cc2ccc(C(=O)O)cc2)OCCCC[C@H](C)O3)cc1. The number of likely N-dealkylation sites (N-methyl/N-ethyl adjacent to an activating group) is 1. The van der Waals surface area contributed by atoms with Crippen LogP contribution in [-0.2, 0) is 11.3 Å². The van der Waals surface area contributed by atoms with Crippen LogP contribution in [0.25, 0.3) is 0 Å². The molecule has 0 aromatic heterocycles. The molecular formula is C38H50N4O8. The Bertz CT molecular complexity index is 1570. The maximum Gasteiger partial charge on any atom is 0.335 e. The van der Waals surface area contributed by atoms with E-state index in [1.807, 2.05) is 33.0 Å².